The first-order valence-corrected chi connectivity index (χ1v) is 3.10. The summed E-state index contributed by atoms with van der Waals surface area (Å²) in [4.78, 5) is 0. The van der Waals surface area contributed by atoms with Gasteiger partial charge in [0.15, 0.2) is 5.72 Å². The predicted octanol–water partition coefficient (Wildman–Crippen LogP) is 0.427. The standard InChI is InChI=1S/C7H9NO/c1-8-7-5-3-2-4-6(7)9-7/h2-6,8H,1H3. The summed E-state index contributed by atoms with van der Waals surface area (Å²) in [6.07, 6.45) is 8.38. The third-order valence-corrected chi connectivity index (χ3v) is 1.82. The van der Waals surface area contributed by atoms with Gasteiger partial charge >= 0.3 is 0 Å². The Labute approximate surface area is 54.2 Å². The summed E-state index contributed by atoms with van der Waals surface area (Å²) in [5, 5.41) is 3.09. The van der Waals surface area contributed by atoms with Crippen molar-refractivity contribution < 1.29 is 4.74 Å². The van der Waals surface area contributed by atoms with Crippen molar-refractivity contribution in [3.8, 4) is 0 Å². The van der Waals surface area contributed by atoms with Gasteiger partial charge in [-0.15, -0.1) is 0 Å². The van der Waals surface area contributed by atoms with Crippen molar-refractivity contribution in [1.29, 1.82) is 0 Å². The third-order valence-electron chi connectivity index (χ3n) is 1.82. The molecule has 0 amide bonds. The lowest BCUT2D eigenvalue weighted by Gasteiger charge is -2.04. The van der Waals surface area contributed by atoms with E-state index in [2.05, 4.69) is 11.4 Å². The maximum Gasteiger partial charge on any atom is 0.169 e. The van der Waals surface area contributed by atoms with Gasteiger partial charge in [0.1, 0.15) is 6.10 Å². The van der Waals surface area contributed by atoms with E-state index in [1.54, 1.807) is 0 Å². The molecule has 1 saturated heterocycles. The molecule has 0 aromatic heterocycles. The minimum Gasteiger partial charge on any atom is -0.342 e. The topological polar surface area (TPSA) is 24.6 Å². The molecule has 0 spiro atoms. The number of rotatable bonds is 1. The van der Waals surface area contributed by atoms with Crippen LogP contribution < -0.4 is 5.32 Å². The number of epoxide rings is 1. The van der Waals surface area contributed by atoms with Crippen LogP contribution in [0.25, 0.3) is 0 Å². The molecule has 0 bridgehead atoms. The van der Waals surface area contributed by atoms with E-state index in [-0.39, 0.29) is 11.8 Å². The zero-order valence-electron chi connectivity index (χ0n) is 5.29. The van der Waals surface area contributed by atoms with Gasteiger partial charge < -0.3 is 4.74 Å². The van der Waals surface area contributed by atoms with Crippen LogP contribution in [-0.2, 0) is 4.74 Å². The molecular weight excluding hydrogens is 114 g/mol. The van der Waals surface area contributed by atoms with Gasteiger partial charge in [0.2, 0.25) is 0 Å². The number of allylic oxidation sites excluding steroid dienone is 2. The van der Waals surface area contributed by atoms with Crippen molar-refractivity contribution in [2.45, 2.75) is 11.8 Å². The number of fused-ring (bicyclic) bond motifs is 1. The molecule has 1 fully saturated rings. The molecule has 2 rings (SSSR count). The van der Waals surface area contributed by atoms with Crippen LogP contribution >= 0.6 is 0 Å². The molecule has 0 aromatic carbocycles. The lowest BCUT2D eigenvalue weighted by molar-refractivity contribution is 0.313. The van der Waals surface area contributed by atoms with Crippen molar-refractivity contribution in [3.63, 3.8) is 0 Å². The lowest BCUT2D eigenvalue weighted by Crippen LogP contribution is -2.29. The smallest absolute Gasteiger partial charge is 0.169 e. The molecule has 48 valence electrons. The molecule has 1 N–H and O–H groups in total. The first-order valence-electron chi connectivity index (χ1n) is 3.10. The number of likely N-dealkylation sites (N-methyl/N-ethyl adjacent to an activating group) is 1. The minimum absolute atomic E-state index is 0.130. The van der Waals surface area contributed by atoms with E-state index < -0.39 is 0 Å². The van der Waals surface area contributed by atoms with E-state index in [4.69, 9.17) is 4.74 Å². The monoisotopic (exact) mass is 123 g/mol. The summed E-state index contributed by atoms with van der Waals surface area (Å²) in [5.41, 5.74) is -0.130. The van der Waals surface area contributed by atoms with E-state index in [1.807, 2.05) is 25.3 Å². The summed E-state index contributed by atoms with van der Waals surface area (Å²) in [5.74, 6) is 0. The second kappa shape index (κ2) is 1.46. The zero-order chi connectivity index (χ0) is 6.32. The normalized spacial score (nSPS) is 44.8. The summed E-state index contributed by atoms with van der Waals surface area (Å²) >= 11 is 0. The Morgan fingerprint density at radius 3 is 3.00 bits per heavy atom. The number of hydrogen-bond donors (Lipinski definition) is 1. The van der Waals surface area contributed by atoms with Crippen LogP contribution in [0.5, 0.6) is 0 Å². The Balaban J connectivity index is 2.23. The van der Waals surface area contributed by atoms with E-state index in [1.165, 1.54) is 0 Å². The van der Waals surface area contributed by atoms with Crippen LogP contribution in [0, 0.1) is 0 Å². The molecule has 1 heterocycles. The van der Waals surface area contributed by atoms with E-state index in [0.717, 1.165) is 0 Å². The highest BCUT2D eigenvalue weighted by Gasteiger charge is 2.52. The van der Waals surface area contributed by atoms with Crippen molar-refractivity contribution in [2.24, 2.45) is 0 Å². The second-order valence-corrected chi connectivity index (χ2v) is 2.33. The van der Waals surface area contributed by atoms with Crippen LogP contribution in [-0.4, -0.2) is 18.9 Å². The molecule has 2 heteroatoms. The maximum atomic E-state index is 5.33. The van der Waals surface area contributed by atoms with Gasteiger partial charge in [-0.1, -0.05) is 18.2 Å². The highest BCUT2D eigenvalue weighted by Crippen LogP contribution is 2.37. The summed E-state index contributed by atoms with van der Waals surface area (Å²) in [6.45, 7) is 0. The fourth-order valence-electron chi connectivity index (χ4n) is 1.14. The lowest BCUT2D eigenvalue weighted by atomic mass is 10.1. The largest absolute Gasteiger partial charge is 0.342 e. The van der Waals surface area contributed by atoms with Gasteiger partial charge in [-0.2, -0.15) is 0 Å². The van der Waals surface area contributed by atoms with Gasteiger partial charge in [0.25, 0.3) is 0 Å². The molecule has 0 saturated carbocycles. The quantitative estimate of drug-likeness (QED) is 0.511. The highest BCUT2D eigenvalue weighted by atomic mass is 16.6. The maximum absolute atomic E-state index is 5.33. The molecule has 1 aliphatic heterocycles. The van der Waals surface area contributed by atoms with Gasteiger partial charge in [0, 0.05) is 0 Å². The van der Waals surface area contributed by atoms with Gasteiger partial charge in [-0.3, -0.25) is 5.32 Å². The molecule has 2 atom stereocenters. The molecule has 2 aliphatic rings. The Bertz CT molecular complexity index is 185. The Hall–Kier alpha value is -0.600. The Kier molecular flexibility index (Phi) is 0.845. The molecule has 2 nitrogen and oxygen atoms in total. The Morgan fingerprint density at radius 2 is 2.44 bits per heavy atom. The molecular formula is C7H9NO. The summed E-state index contributed by atoms with van der Waals surface area (Å²) in [6, 6.07) is 0. The minimum atomic E-state index is -0.130. The van der Waals surface area contributed by atoms with Crippen molar-refractivity contribution in [2.75, 3.05) is 7.05 Å². The van der Waals surface area contributed by atoms with Crippen LogP contribution in [0.3, 0.4) is 0 Å². The van der Waals surface area contributed by atoms with E-state index in [0.29, 0.717) is 0 Å². The van der Waals surface area contributed by atoms with Crippen molar-refractivity contribution >= 4 is 0 Å². The highest BCUT2D eigenvalue weighted by molar-refractivity contribution is 5.29. The third kappa shape index (κ3) is 0.573. The average molecular weight is 123 g/mol. The number of hydrogen-bond acceptors (Lipinski definition) is 2. The van der Waals surface area contributed by atoms with E-state index >= 15 is 0 Å². The molecule has 0 aromatic rings. The Morgan fingerprint density at radius 1 is 1.56 bits per heavy atom. The fourth-order valence-corrected chi connectivity index (χ4v) is 1.14. The summed E-state index contributed by atoms with van der Waals surface area (Å²) < 4.78 is 5.33. The van der Waals surface area contributed by atoms with Crippen LogP contribution in [0.1, 0.15) is 0 Å². The number of ether oxygens (including phenoxy) is 1. The summed E-state index contributed by atoms with van der Waals surface area (Å²) in [7, 11) is 1.91. The van der Waals surface area contributed by atoms with Gasteiger partial charge in [0.05, 0.1) is 0 Å². The van der Waals surface area contributed by atoms with Crippen LogP contribution in [0.2, 0.25) is 0 Å². The average Bonchev–Trinajstić information content (AvgIpc) is 2.62. The van der Waals surface area contributed by atoms with Crippen molar-refractivity contribution in [3.05, 3.63) is 24.3 Å². The first kappa shape index (κ1) is 5.21. The second-order valence-electron chi connectivity index (χ2n) is 2.33. The van der Waals surface area contributed by atoms with Crippen LogP contribution in [0.15, 0.2) is 24.3 Å². The fraction of sp³-hybridized carbons (Fsp3) is 0.429. The SMILES string of the molecule is CNC12C=CC=CC1O2. The molecule has 2 unspecified atom stereocenters. The van der Waals surface area contributed by atoms with Gasteiger partial charge in [-0.25, -0.2) is 0 Å². The van der Waals surface area contributed by atoms with Crippen LogP contribution in [0.4, 0.5) is 0 Å². The predicted molar refractivity (Wildman–Crippen MR) is 34.9 cm³/mol. The molecule has 0 radical (unpaired) electrons. The number of nitrogens with one attached hydrogen (secondary N) is 1. The van der Waals surface area contributed by atoms with E-state index in [9.17, 15) is 0 Å². The zero-order valence-corrected chi connectivity index (χ0v) is 5.29. The molecule has 9 heavy (non-hydrogen) atoms. The first-order chi connectivity index (χ1) is 4.37. The van der Waals surface area contributed by atoms with Crippen molar-refractivity contribution in [1.82, 2.24) is 5.32 Å². The van der Waals surface area contributed by atoms with Gasteiger partial charge in [-0.05, 0) is 13.1 Å². The molecule has 1 aliphatic carbocycles.